The zero-order chi connectivity index (χ0) is 9.84. The maximum absolute atomic E-state index is 11.8. The van der Waals surface area contributed by atoms with Gasteiger partial charge in [-0.2, -0.15) is 8.78 Å². The van der Waals surface area contributed by atoms with Crippen molar-refractivity contribution < 1.29 is 23.4 Å². The average molecular weight is 194 g/mol. The van der Waals surface area contributed by atoms with E-state index in [1.54, 1.807) is 0 Å². The van der Waals surface area contributed by atoms with E-state index in [0.717, 1.165) is 0 Å². The molecule has 3 nitrogen and oxygen atoms in total. The molecule has 1 fully saturated rings. The first-order valence-electron chi connectivity index (χ1n) is 4.26. The summed E-state index contributed by atoms with van der Waals surface area (Å²) in [7, 11) is 0. The lowest BCUT2D eigenvalue weighted by atomic mass is 9.87. The molecule has 0 heterocycles. The predicted octanol–water partition coefficient (Wildman–Crippen LogP) is 1.87. The van der Waals surface area contributed by atoms with Crippen molar-refractivity contribution in [3.05, 3.63) is 0 Å². The summed E-state index contributed by atoms with van der Waals surface area (Å²) in [5, 5.41) is 8.65. The van der Waals surface area contributed by atoms with Crippen LogP contribution in [0.1, 0.15) is 25.7 Å². The molecular weight excluding hydrogens is 182 g/mol. The number of carbonyl (C=O) groups is 1. The maximum atomic E-state index is 11.8. The lowest BCUT2D eigenvalue weighted by Crippen LogP contribution is -2.28. The lowest BCUT2D eigenvalue weighted by molar-refractivity contribution is -0.177. The first-order valence-corrected chi connectivity index (χ1v) is 4.26. The van der Waals surface area contributed by atoms with Crippen molar-refractivity contribution in [2.75, 3.05) is 0 Å². The molecule has 0 radical (unpaired) electrons. The highest BCUT2D eigenvalue weighted by Crippen LogP contribution is 2.27. The largest absolute Gasteiger partial charge is 0.481 e. The number of rotatable bonds is 3. The van der Waals surface area contributed by atoms with E-state index >= 15 is 0 Å². The predicted molar refractivity (Wildman–Crippen MR) is 40.5 cm³/mol. The zero-order valence-corrected chi connectivity index (χ0v) is 7.08. The van der Waals surface area contributed by atoms with Crippen LogP contribution < -0.4 is 0 Å². The molecule has 2 unspecified atom stereocenters. The number of carboxylic acid groups (broad SMARTS) is 1. The monoisotopic (exact) mass is 194 g/mol. The lowest BCUT2D eigenvalue weighted by Gasteiger charge is -2.26. The van der Waals surface area contributed by atoms with Crippen LogP contribution in [0.15, 0.2) is 0 Å². The summed E-state index contributed by atoms with van der Waals surface area (Å²) < 4.78 is 27.8. The summed E-state index contributed by atoms with van der Waals surface area (Å²) in [6.45, 7) is -2.79. The van der Waals surface area contributed by atoms with Gasteiger partial charge in [0.2, 0.25) is 0 Å². The van der Waals surface area contributed by atoms with Gasteiger partial charge in [-0.25, -0.2) is 0 Å². The molecular formula is C8H12F2O3. The van der Waals surface area contributed by atoms with Gasteiger partial charge < -0.3 is 9.84 Å². The van der Waals surface area contributed by atoms with Gasteiger partial charge in [-0.15, -0.1) is 0 Å². The summed E-state index contributed by atoms with van der Waals surface area (Å²) in [4.78, 5) is 10.5. The van der Waals surface area contributed by atoms with Gasteiger partial charge in [-0.05, 0) is 19.3 Å². The van der Waals surface area contributed by atoms with Crippen LogP contribution in [0.5, 0.6) is 0 Å². The Labute approximate surface area is 74.7 Å². The molecule has 0 aliphatic heterocycles. The number of carboxylic acids is 1. The van der Waals surface area contributed by atoms with Crippen molar-refractivity contribution >= 4 is 5.97 Å². The van der Waals surface area contributed by atoms with Gasteiger partial charge in [0.25, 0.3) is 0 Å². The van der Waals surface area contributed by atoms with Crippen LogP contribution in [0.3, 0.4) is 0 Å². The Hall–Kier alpha value is -0.710. The van der Waals surface area contributed by atoms with Crippen LogP contribution in [0.4, 0.5) is 8.78 Å². The number of hydrogen-bond donors (Lipinski definition) is 1. The molecule has 0 amide bonds. The highest BCUT2D eigenvalue weighted by molar-refractivity contribution is 5.70. The summed E-state index contributed by atoms with van der Waals surface area (Å²) in [6, 6.07) is 0. The van der Waals surface area contributed by atoms with E-state index in [1.807, 2.05) is 0 Å². The van der Waals surface area contributed by atoms with Crippen LogP contribution >= 0.6 is 0 Å². The Bertz CT molecular complexity index is 184. The quantitative estimate of drug-likeness (QED) is 0.746. The van der Waals surface area contributed by atoms with Gasteiger partial charge in [0, 0.05) is 0 Å². The average Bonchev–Trinajstić information content (AvgIpc) is 2.03. The van der Waals surface area contributed by atoms with Crippen molar-refractivity contribution in [2.24, 2.45) is 5.92 Å². The van der Waals surface area contributed by atoms with Crippen molar-refractivity contribution in [1.82, 2.24) is 0 Å². The fourth-order valence-electron chi connectivity index (χ4n) is 1.64. The second kappa shape index (κ2) is 4.50. The third-order valence-corrected chi connectivity index (χ3v) is 2.27. The first-order chi connectivity index (χ1) is 6.09. The summed E-state index contributed by atoms with van der Waals surface area (Å²) in [5.41, 5.74) is 0. The molecule has 1 aliphatic carbocycles. The van der Waals surface area contributed by atoms with E-state index in [1.165, 1.54) is 0 Å². The van der Waals surface area contributed by atoms with E-state index in [4.69, 9.17) is 5.11 Å². The van der Waals surface area contributed by atoms with Crippen molar-refractivity contribution in [3.8, 4) is 0 Å². The van der Waals surface area contributed by atoms with Crippen molar-refractivity contribution in [1.29, 1.82) is 0 Å². The fraction of sp³-hybridized carbons (Fsp3) is 0.875. The minimum atomic E-state index is -2.79. The minimum absolute atomic E-state index is 0.208. The number of ether oxygens (including phenoxy) is 1. The molecule has 76 valence electrons. The van der Waals surface area contributed by atoms with Gasteiger partial charge in [0.15, 0.2) is 0 Å². The van der Waals surface area contributed by atoms with E-state index in [9.17, 15) is 13.6 Å². The van der Waals surface area contributed by atoms with Crippen LogP contribution in [-0.4, -0.2) is 23.8 Å². The molecule has 2 atom stereocenters. The summed E-state index contributed by atoms with van der Waals surface area (Å²) >= 11 is 0. The van der Waals surface area contributed by atoms with Gasteiger partial charge in [-0.3, -0.25) is 4.79 Å². The molecule has 0 aromatic carbocycles. The van der Waals surface area contributed by atoms with Gasteiger partial charge in [0.05, 0.1) is 12.0 Å². The third kappa shape index (κ3) is 3.26. The first kappa shape index (κ1) is 10.4. The Morgan fingerprint density at radius 1 is 1.46 bits per heavy atom. The second-order valence-corrected chi connectivity index (χ2v) is 3.22. The van der Waals surface area contributed by atoms with Crippen LogP contribution in [0.25, 0.3) is 0 Å². The zero-order valence-electron chi connectivity index (χ0n) is 7.08. The minimum Gasteiger partial charge on any atom is -0.481 e. The van der Waals surface area contributed by atoms with Gasteiger partial charge in [0.1, 0.15) is 0 Å². The molecule has 1 aliphatic rings. The fourth-order valence-corrected chi connectivity index (χ4v) is 1.64. The number of halogens is 2. The van der Waals surface area contributed by atoms with E-state index in [-0.39, 0.29) is 6.42 Å². The number of aliphatic carboxylic acids is 1. The van der Waals surface area contributed by atoms with Crippen molar-refractivity contribution in [3.63, 3.8) is 0 Å². The molecule has 13 heavy (non-hydrogen) atoms. The second-order valence-electron chi connectivity index (χ2n) is 3.22. The number of hydrogen-bond acceptors (Lipinski definition) is 2. The SMILES string of the molecule is O=C(O)C1CCCC(OC(F)F)C1. The van der Waals surface area contributed by atoms with Crippen LogP contribution in [0.2, 0.25) is 0 Å². The molecule has 0 saturated heterocycles. The Morgan fingerprint density at radius 3 is 2.69 bits per heavy atom. The molecule has 1 N–H and O–H groups in total. The third-order valence-electron chi connectivity index (χ3n) is 2.27. The van der Waals surface area contributed by atoms with Crippen LogP contribution in [-0.2, 0) is 9.53 Å². The maximum Gasteiger partial charge on any atom is 0.345 e. The van der Waals surface area contributed by atoms with E-state index in [2.05, 4.69) is 4.74 Å². The van der Waals surface area contributed by atoms with Gasteiger partial charge in [-0.1, -0.05) is 6.42 Å². The standard InChI is InChI=1S/C8H12F2O3/c9-8(10)13-6-3-1-2-5(4-6)7(11)12/h5-6,8H,1-4H2,(H,11,12). The summed E-state index contributed by atoms with van der Waals surface area (Å²) in [5.74, 6) is -1.43. The number of alkyl halides is 2. The summed E-state index contributed by atoms with van der Waals surface area (Å²) in [6.07, 6.45) is 1.37. The Morgan fingerprint density at radius 2 is 2.15 bits per heavy atom. The highest BCUT2D eigenvalue weighted by atomic mass is 19.3. The molecule has 0 aromatic rings. The molecule has 5 heteroatoms. The normalized spacial score (nSPS) is 29.2. The highest BCUT2D eigenvalue weighted by Gasteiger charge is 2.28. The van der Waals surface area contributed by atoms with Gasteiger partial charge >= 0.3 is 12.6 Å². The van der Waals surface area contributed by atoms with Crippen molar-refractivity contribution in [2.45, 2.75) is 38.4 Å². The Kier molecular flexibility index (Phi) is 3.59. The van der Waals surface area contributed by atoms with E-state index in [0.29, 0.717) is 19.3 Å². The molecule has 0 spiro atoms. The Balaban J connectivity index is 2.37. The molecule has 1 rings (SSSR count). The topological polar surface area (TPSA) is 46.5 Å². The molecule has 0 aromatic heterocycles. The van der Waals surface area contributed by atoms with E-state index < -0.39 is 24.6 Å². The molecule has 0 bridgehead atoms. The smallest absolute Gasteiger partial charge is 0.345 e. The van der Waals surface area contributed by atoms with Crippen LogP contribution in [0, 0.1) is 5.92 Å². The molecule has 1 saturated carbocycles.